The van der Waals surface area contributed by atoms with Crippen LogP contribution in [0.4, 0.5) is 0 Å². The number of aryl methyl sites for hydroxylation is 1. The molecule has 0 aliphatic heterocycles. The molecule has 0 bridgehead atoms. The summed E-state index contributed by atoms with van der Waals surface area (Å²) in [5, 5.41) is 8.55. The van der Waals surface area contributed by atoms with Crippen molar-refractivity contribution in [2.24, 2.45) is 0 Å². The highest BCUT2D eigenvalue weighted by Crippen LogP contribution is 2.17. The minimum absolute atomic E-state index is 0. The van der Waals surface area contributed by atoms with Crippen molar-refractivity contribution in [1.82, 2.24) is 4.90 Å². The van der Waals surface area contributed by atoms with Crippen LogP contribution in [0.2, 0.25) is 0 Å². The van der Waals surface area contributed by atoms with Crippen molar-refractivity contribution in [2.45, 2.75) is 39.5 Å². The molecule has 0 aromatic heterocycles. The normalized spacial score (nSPS) is 10.0. The molecule has 0 amide bonds. The second kappa shape index (κ2) is 11.4. The summed E-state index contributed by atoms with van der Waals surface area (Å²) in [6.45, 7) is 7.56. The molecule has 0 fully saturated rings. The standard InChI is InChI=1S/C17H26N2O.ClH/c1-4-19(12-7-5-6-11-18)13-10-16-14-17(20-3)9-8-15(16)2;/h8-9,14H,4-7,10,12-13H2,1-3H3;1H. The molecule has 0 heterocycles. The Morgan fingerprint density at radius 2 is 2.00 bits per heavy atom. The van der Waals surface area contributed by atoms with Crippen LogP contribution in [0.15, 0.2) is 18.2 Å². The molecular formula is C17H27ClN2O. The summed E-state index contributed by atoms with van der Waals surface area (Å²) in [5.41, 5.74) is 2.69. The molecule has 1 aromatic rings. The van der Waals surface area contributed by atoms with Crippen molar-refractivity contribution in [3.05, 3.63) is 29.3 Å². The van der Waals surface area contributed by atoms with Crippen LogP contribution < -0.4 is 4.74 Å². The first-order chi connectivity index (χ1) is 9.71. The average molecular weight is 311 g/mol. The molecule has 0 aliphatic rings. The summed E-state index contributed by atoms with van der Waals surface area (Å²) < 4.78 is 5.29. The fraction of sp³-hybridized carbons (Fsp3) is 0.588. The Morgan fingerprint density at radius 3 is 2.62 bits per heavy atom. The third-order valence-electron chi connectivity index (χ3n) is 3.71. The van der Waals surface area contributed by atoms with Crippen molar-refractivity contribution >= 4 is 12.4 Å². The smallest absolute Gasteiger partial charge is 0.119 e. The maximum atomic E-state index is 8.55. The highest BCUT2D eigenvalue weighted by atomic mass is 35.5. The van der Waals surface area contributed by atoms with E-state index in [0.29, 0.717) is 6.42 Å². The Hall–Kier alpha value is -1.24. The molecule has 0 aliphatic carbocycles. The Morgan fingerprint density at radius 1 is 1.24 bits per heavy atom. The van der Waals surface area contributed by atoms with Gasteiger partial charge in [-0.15, -0.1) is 12.4 Å². The lowest BCUT2D eigenvalue weighted by molar-refractivity contribution is 0.285. The molecule has 0 saturated carbocycles. The first kappa shape index (κ1) is 19.8. The van der Waals surface area contributed by atoms with Crippen LogP contribution in [0.1, 0.15) is 37.3 Å². The van der Waals surface area contributed by atoms with Crippen LogP contribution in [0.25, 0.3) is 0 Å². The number of unbranched alkanes of at least 4 members (excludes halogenated alkanes) is 2. The number of benzene rings is 1. The van der Waals surface area contributed by atoms with Gasteiger partial charge >= 0.3 is 0 Å². The number of nitriles is 1. The molecule has 0 spiro atoms. The lowest BCUT2D eigenvalue weighted by Gasteiger charge is -2.20. The highest BCUT2D eigenvalue weighted by molar-refractivity contribution is 5.85. The number of nitrogens with zero attached hydrogens (tertiary/aromatic N) is 2. The summed E-state index contributed by atoms with van der Waals surface area (Å²) in [6, 6.07) is 8.48. The maximum absolute atomic E-state index is 8.55. The Labute approximate surface area is 135 Å². The van der Waals surface area contributed by atoms with E-state index < -0.39 is 0 Å². The van der Waals surface area contributed by atoms with Crippen molar-refractivity contribution < 1.29 is 4.74 Å². The number of halogens is 1. The molecule has 0 atom stereocenters. The lowest BCUT2D eigenvalue weighted by Crippen LogP contribution is -2.27. The Kier molecular flexibility index (Phi) is 10.7. The predicted molar refractivity (Wildman–Crippen MR) is 90.3 cm³/mol. The molecule has 1 rings (SSSR count). The van der Waals surface area contributed by atoms with E-state index in [-0.39, 0.29) is 12.4 Å². The topological polar surface area (TPSA) is 36.3 Å². The predicted octanol–water partition coefficient (Wildman–Crippen LogP) is 3.98. The van der Waals surface area contributed by atoms with Gasteiger partial charge in [0.05, 0.1) is 13.2 Å². The number of ether oxygens (including phenoxy) is 1. The summed E-state index contributed by atoms with van der Waals surface area (Å²) in [7, 11) is 1.71. The van der Waals surface area contributed by atoms with Gasteiger partial charge in [-0.1, -0.05) is 13.0 Å². The van der Waals surface area contributed by atoms with Crippen LogP contribution in [-0.4, -0.2) is 31.6 Å². The van der Waals surface area contributed by atoms with Gasteiger partial charge in [0.25, 0.3) is 0 Å². The summed E-state index contributed by atoms with van der Waals surface area (Å²) in [6.07, 6.45) is 3.84. The highest BCUT2D eigenvalue weighted by Gasteiger charge is 2.05. The molecule has 3 nitrogen and oxygen atoms in total. The summed E-state index contributed by atoms with van der Waals surface area (Å²) in [5.74, 6) is 0.933. The van der Waals surface area contributed by atoms with Crippen molar-refractivity contribution in [3.63, 3.8) is 0 Å². The van der Waals surface area contributed by atoms with E-state index in [2.05, 4.69) is 36.9 Å². The third-order valence-corrected chi connectivity index (χ3v) is 3.71. The van der Waals surface area contributed by atoms with Crippen molar-refractivity contribution in [1.29, 1.82) is 5.26 Å². The number of likely N-dealkylation sites (N-methyl/N-ethyl adjacent to an activating group) is 1. The third kappa shape index (κ3) is 7.36. The molecule has 118 valence electrons. The fourth-order valence-corrected chi connectivity index (χ4v) is 2.29. The van der Waals surface area contributed by atoms with E-state index in [1.807, 2.05) is 6.07 Å². The zero-order valence-corrected chi connectivity index (χ0v) is 14.2. The first-order valence-electron chi connectivity index (χ1n) is 7.44. The van der Waals surface area contributed by atoms with Gasteiger partial charge in [-0.05, 0) is 62.5 Å². The average Bonchev–Trinajstić information content (AvgIpc) is 2.48. The molecule has 0 saturated heterocycles. The summed E-state index contributed by atoms with van der Waals surface area (Å²) >= 11 is 0. The van der Waals surface area contributed by atoms with Gasteiger partial charge in [0, 0.05) is 13.0 Å². The van der Waals surface area contributed by atoms with E-state index in [9.17, 15) is 0 Å². The molecule has 4 heteroatoms. The van der Waals surface area contributed by atoms with Crippen LogP contribution in [0.5, 0.6) is 5.75 Å². The zero-order valence-electron chi connectivity index (χ0n) is 13.4. The number of hydrogen-bond acceptors (Lipinski definition) is 3. The minimum atomic E-state index is 0. The van der Waals surface area contributed by atoms with Gasteiger partial charge in [0.15, 0.2) is 0 Å². The van der Waals surface area contributed by atoms with E-state index in [1.165, 1.54) is 11.1 Å². The van der Waals surface area contributed by atoms with Crippen LogP contribution in [-0.2, 0) is 6.42 Å². The van der Waals surface area contributed by atoms with Crippen LogP contribution >= 0.6 is 12.4 Å². The van der Waals surface area contributed by atoms with Crippen LogP contribution in [0.3, 0.4) is 0 Å². The summed E-state index contributed by atoms with van der Waals surface area (Å²) in [4.78, 5) is 2.45. The van der Waals surface area contributed by atoms with Gasteiger partial charge in [-0.2, -0.15) is 5.26 Å². The fourth-order valence-electron chi connectivity index (χ4n) is 2.29. The largest absolute Gasteiger partial charge is 0.497 e. The second-order valence-electron chi connectivity index (χ2n) is 5.09. The van der Waals surface area contributed by atoms with Gasteiger partial charge in [0.2, 0.25) is 0 Å². The maximum Gasteiger partial charge on any atom is 0.119 e. The van der Waals surface area contributed by atoms with Gasteiger partial charge in [-0.25, -0.2) is 0 Å². The molecule has 0 radical (unpaired) electrons. The molecule has 21 heavy (non-hydrogen) atoms. The number of methoxy groups -OCH3 is 1. The SMILES string of the molecule is CCN(CCCCC#N)CCc1cc(OC)ccc1C.Cl. The first-order valence-corrected chi connectivity index (χ1v) is 7.44. The monoisotopic (exact) mass is 310 g/mol. The number of hydrogen-bond donors (Lipinski definition) is 0. The van der Waals surface area contributed by atoms with Gasteiger partial charge < -0.3 is 9.64 Å². The number of rotatable bonds is 9. The van der Waals surface area contributed by atoms with E-state index in [4.69, 9.17) is 10.00 Å². The van der Waals surface area contributed by atoms with E-state index in [1.54, 1.807) is 7.11 Å². The van der Waals surface area contributed by atoms with Gasteiger partial charge in [-0.3, -0.25) is 0 Å². The minimum Gasteiger partial charge on any atom is -0.497 e. The lowest BCUT2D eigenvalue weighted by atomic mass is 10.0. The quantitative estimate of drug-likeness (QED) is 0.647. The molecule has 0 N–H and O–H groups in total. The molecular weight excluding hydrogens is 284 g/mol. The van der Waals surface area contributed by atoms with Crippen molar-refractivity contribution in [2.75, 3.05) is 26.7 Å². The second-order valence-corrected chi connectivity index (χ2v) is 5.09. The Balaban J connectivity index is 0.00000400. The Bertz CT molecular complexity index is 443. The van der Waals surface area contributed by atoms with E-state index in [0.717, 1.165) is 44.6 Å². The van der Waals surface area contributed by atoms with Crippen LogP contribution in [0, 0.1) is 18.3 Å². The van der Waals surface area contributed by atoms with Crippen molar-refractivity contribution in [3.8, 4) is 11.8 Å². The molecule has 0 unspecified atom stereocenters. The molecule has 1 aromatic carbocycles. The van der Waals surface area contributed by atoms with Gasteiger partial charge in [0.1, 0.15) is 5.75 Å². The zero-order chi connectivity index (χ0) is 14.8. The van der Waals surface area contributed by atoms with E-state index >= 15 is 0 Å².